The second kappa shape index (κ2) is 10.3. The van der Waals surface area contributed by atoms with Gasteiger partial charge in [-0.1, -0.05) is 13.8 Å². The molecule has 0 aliphatic rings. The molecule has 0 bridgehead atoms. The molecule has 1 aromatic carbocycles. The Morgan fingerprint density at radius 3 is 2.43 bits per heavy atom. The maximum absolute atomic E-state index is 12.8. The van der Waals surface area contributed by atoms with Crippen molar-refractivity contribution in [3.8, 4) is 11.5 Å². The first-order valence-electron chi connectivity index (χ1n) is 8.59. The Hall–Kier alpha value is -2.30. The van der Waals surface area contributed by atoms with Crippen molar-refractivity contribution in [1.82, 2.24) is 10.2 Å². The third-order valence-corrected chi connectivity index (χ3v) is 4.32. The number of phenols is 2. The molecule has 0 unspecified atom stereocenters. The molecule has 156 valence electrons. The molecule has 0 aromatic heterocycles. The lowest BCUT2D eigenvalue weighted by molar-refractivity contribution is -0.145. The number of phenolic OH excluding ortho intramolecular Hbond substituents is 2. The van der Waals surface area contributed by atoms with Gasteiger partial charge in [0.05, 0.1) is 12.2 Å². The van der Waals surface area contributed by atoms with E-state index in [-0.39, 0.29) is 24.3 Å². The van der Waals surface area contributed by atoms with Gasteiger partial charge in [-0.3, -0.25) is 19.3 Å². The van der Waals surface area contributed by atoms with Gasteiger partial charge in [0.2, 0.25) is 5.91 Å². The second-order valence-corrected chi connectivity index (χ2v) is 7.32. The lowest BCUT2D eigenvalue weighted by Gasteiger charge is -2.31. The third kappa shape index (κ3) is 6.11. The Kier molecular flexibility index (Phi) is 8.73. The van der Waals surface area contributed by atoms with Crippen LogP contribution in [-0.4, -0.2) is 74.6 Å². The van der Waals surface area contributed by atoms with Crippen LogP contribution in [-0.2, 0) is 9.59 Å². The third-order valence-electron chi connectivity index (χ3n) is 4.10. The van der Waals surface area contributed by atoms with E-state index in [1.165, 1.54) is 13.8 Å². The fourth-order valence-corrected chi connectivity index (χ4v) is 2.34. The zero-order valence-corrected chi connectivity index (χ0v) is 16.6. The van der Waals surface area contributed by atoms with E-state index in [4.69, 9.17) is 0 Å². The Morgan fingerprint density at radius 2 is 1.89 bits per heavy atom. The summed E-state index contributed by atoms with van der Waals surface area (Å²) in [6, 6.07) is 3.21. The predicted octanol–water partition coefficient (Wildman–Crippen LogP) is -0.118. The fraction of sp³-hybridized carbons (Fsp3) is 0.500. The molecule has 0 fully saturated rings. The van der Waals surface area contributed by atoms with Gasteiger partial charge in [-0.05, 0) is 12.1 Å². The van der Waals surface area contributed by atoms with E-state index < -0.39 is 41.6 Å². The highest BCUT2D eigenvalue weighted by molar-refractivity contribution is 7.80. The zero-order chi connectivity index (χ0) is 21.5. The number of imide groups is 1. The lowest BCUT2D eigenvalue weighted by atomic mass is 9.86. The van der Waals surface area contributed by atoms with E-state index in [1.807, 2.05) is 0 Å². The monoisotopic (exact) mass is 414 g/mol. The van der Waals surface area contributed by atoms with Crippen molar-refractivity contribution in [1.29, 1.82) is 0 Å². The Morgan fingerprint density at radius 1 is 1.25 bits per heavy atom. The van der Waals surface area contributed by atoms with E-state index in [0.717, 1.165) is 18.2 Å². The first-order valence-corrected chi connectivity index (χ1v) is 9.22. The number of hydrogen-bond donors (Lipinski definition) is 6. The molecule has 0 saturated heterocycles. The van der Waals surface area contributed by atoms with Gasteiger partial charge in [0.25, 0.3) is 11.8 Å². The van der Waals surface area contributed by atoms with Gasteiger partial charge in [-0.15, -0.1) is 0 Å². The normalized spacial score (nSPS) is 12.3. The van der Waals surface area contributed by atoms with Crippen LogP contribution in [0.5, 0.6) is 11.5 Å². The number of rotatable bonds is 9. The van der Waals surface area contributed by atoms with Crippen LogP contribution in [0.15, 0.2) is 18.2 Å². The number of aromatic hydroxyl groups is 2. The molecule has 0 aliphatic heterocycles. The van der Waals surface area contributed by atoms with Crippen LogP contribution in [0, 0.1) is 5.41 Å². The smallest absolute Gasteiger partial charge is 0.264 e. The quantitative estimate of drug-likeness (QED) is 0.309. The fourth-order valence-electron chi connectivity index (χ4n) is 2.22. The van der Waals surface area contributed by atoms with Crippen LogP contribution in [0.1, 0.15) is 30.6 Å². The van der Waals surface area contributed by atoms with Gasteiger partial charge < -0.3 is 25.7 Å². The van der Waals surface area contributed by atoms with Gasteiger partial charge in [0, 0.05) is 36.7 Å². The van der Waals surface area contributed by atoms with E-state index in [9.17, 15) is 34.8 Å². The average Bonchev–Trinajstić information content (AvgIpc) is 2.65. The van der Waals surface area contributed by atoms with Crippen molar-refractivity contribution in [3.05, 3.63) is 23.8 Å². The largest absolute Gasteiger partial charge is 0.508 e. The molecule has 28 heavy (non-hydrogen) atoms. The van der Waals surface area contributed by atoms with E-state index in [0.29, 0.717) is 17.2 Å². The van der Waals surface area contributed by atoms with Crippen molar-refractivity contribution in [2.24, 2.45) is 5.41 Å². The van der Waals surface area contributed by atoms with Crippen LogP contribution in [0.3, 0.4) is 0 Å². The standard InChI is InChI=1S/C18H26N2O7S/c1-18(2,10-21)15(25)17(27)20(7-5-14(24)19-6-8-28)16(26)12-4-3-11(22)9-13(12)23/h3-4,9,15,21-23,25,28H,5-8,10H2,1-2H3,(H,19,24)/t15-/m0/s1. The molecule has 0 radical (unpaired) electrons. The van der Waals surface area contributed by atoms with Crippen molar-refractivity contribution >= 4 is 30.4 Å². The summed E-state index contributed by atoms with van der Waals surface area (Å²) in [5.74, 6) is -2.81. The minimum absolute atomic E-state index is 0.226. The lowest BCUT2D eigenvalue weighted by Crippen LogP contribution is -2.50. The van der Waals surface area contributed by atoms with Gasteiger partial charge in [-0.2, -0.15) is 12.6 Å². The highest BCUT2D eigenvalue weighted by Gasteiger charge is 2.38. The number of nitrogens with one attached hydrogen (secondary N) is 1. The highest BCUT2D eigenvalue weighted by Crippen LogP contribution is 2.26. The van der Waals surface area contributed by atoms with E-state index >= 15 is 0 Å². The van der Waals surface area contributed by atoms with Gasteiger partial charge in [0.15, 0.2) is 0 Å². The summed E-state index contributed by atoms with van der Waals surface area (Å²) < 4.78 is 0. The number of hydrogen-bond acceptors (Lipinski definition) is 8. The number of thiol groups is 1. The van der Waals surface area contributed by atoms with Crippen LogP contribution in [0.4, 0.5) is 0 Å². The summed E-state index contributed by atoms with van der Waals surface area (Å²) in [6.07, 6.45) is -1.95. The Labute approximate surface area is 168 Å². The van der Waals surface area contributed by atoms with Crippen LogP contribution < -0.4 is 5.32 Å². The summed E-state index contributed by atoms with van der Waals surface area (Å²) in [4.78, 5) is 38.0. The number of amides is 3. The maximum atomic E-state index is 12.8. The zero-order valence-electron chi connectivity index (χ0n) is 15.8. The first kappa shape index (κ1) is 23.7. The topological polar surface area (TPSA) is 147 Å². The van der Waals surface area contributed by atoms with E-state index in [2.05, 4.69) is 17.9 Å². The van der Waals surface area contributed by atoms with Crippen LogP contribution in [0.25, 0.3) is 0 Å². The minimum Gasteiger partial charge on any atom is -0.508 e. The summed E-state index contributed by atoms with van der Waals surface area (Å²) in [5.41, 5.74) is -1.52. The van der Waals surface area contributed by atoms with E-state index in [1.54, 1.807) is 0 Å². The van der Waals surface area contributed by atoms with Gasteiger partial charge in [0.1, 0.15) is 17.6 Å². The number of carbonyl (C=O) groups is 3. The summed E-state index contributed by atoms with van der Waals surface area (Å²) in [7, 11) is 0. The van der Waals surface area contributed by atoms with Gasteiger partial charge in [-0.25, -0.2) is 0 Å². The number of benzene rings is 1. The second-order valence-electron chi connectivity index (χ2n) is 6.87. The predicted molar refractivity (Wildman–Crippen MR) is 104 cm³/mol. The molecule has 9 nitrogen and oxygen atoms in total. The number of nitrogens with zero attached hydrogens (tertiary/aromatic N) is 1. The summed E-state index contributed by atoms with van der Waals surface area (Å²) >= 11 is 3.97. The number of aliphatic hydroxyl groups excluding tert-OH is 2. The van der Waals surface area contributed by atoms with Crippen molar-refractivity contribution in [3.63, 3.8) is 0 Å². The molecule has 1 atom stereocenters. The van der Waals surface area contributed by atoms with Crippen molar-refractivity contribution in [2.45, 2.75) is 26.4 Å². The van der Waals surface area contributed by atoms with Gasteiger partial charge >= 0.3 is 0 Å². The number of carbonyl (C=O) groups excluding carboxylic acids is 3. The summed E-state index contributed by atoms with van der Waals surface area (Å²) in [5, 5.41) is 41.5. The van der Waals surface area contributed by atoms with Crippen LogP contribution in [0.2, 0.25) is 0 Å². The Balaban J connectivity index is 3.14. The van der Waals surface area contributed by atoms with Crippen molar-refractivity contribution in [2.75, 3.05) is 25.4 Å². The minimum atomic E-state index is -1.72. The SMILES string of the molecule is CC(C)(CO)[C@@H](O)C(=O)N(CCC(=O)NCCS)C(=O)c1ccc(O)cc1O. The molecule has 1 rings (SSSR count). The maximum Gasteiger partial charge on any atom is 0.264 e. The van der Waals surface area contributed by atoms with Crippen LogP contribution >= 0.6 is 12.6 Å². The molecule has 0 spiro atoms. The molecule has 10 heteroatoms. The average molecular weight is 414 g/mol. The molecule has 0 heterocycles. The molecule has 3 amide bonds. The first-order chi connectivity index (χ1) is 13.0. The van der Waals surface area contributed by atoms with Crippen molar-refractivity contribution < 1.29 is 34.8 Å². The Bertz CT molecular complexity index is 724. The molecule has 5 N–H and O–H groups in total. The molecule has 1 aromatic rings. The molecule has 0 aliphatic carbocycles. The molecular weight excluding hydrogens is 388 g/mol. The molecule has 0 saturated carbocycles. The number of aliphatic hydroxyl groups is 2. The summed E-state index contributed by atoms with van der Waals surface area (Å²) in [6.45, 7) is 2.32. The molecular formula is C18H26N2O7S. The highest BCUT2D eigenvalue weighted by atomic mass is 32.1.